The summed E-state index contributed by atoms with van der Waals surface area (Å²) in [6.07, 6.45) is 1.60. The van der Waals surface area contributed by atoms with Gasteiger partial charge >= 0.3 is 0 Å². The van der Waals surface area contributed by atoms with Crippen molar-refractivity contribution >= 4 is 16.6 Å². The summed E-state index contributed by atoms with van der Waals surface area (Å²) < 4.78 is 4.91. The molecule has 0 aliphatic heterocycles. The number of nitrogens with one attached hydrogen (secondary N) is 1. The normalized spacial score (nSPS) is 11.1. The molecule has 0 atom stereocenters. The predicted molar refractivity (Wildman–Crippen MR) is 105 cm³/mol. The van der Waals surface area contributed by atoms with Crippen LogP contribution < -0.4 is 10.5 Å². The number of hydrogen-bond donors (Lipinski definition) is 1. The number of anilines is 1. The maximum atomic E-state index is 12.3. The molecular formula is C20H19N5O2. The van der Waals surface area contributed by atoms with E-state index in [1.807, 2.05) is 38.1 Å². The van der Waals surface area contributed by atoms with E-state index < -0.39 is 0 Å². The first-order valence-electron chi connectivity index (χ1n) is 8.56. The quantitative estimate of drug-likeness (QED) is 0.602. The molecule has 0 saturated heterocycles. The number of pyridine rings is 2. The van der Waals surface area contributed by atoms with E-state index in [4.69, 9.17) is 9.61 Å². The third-order valence-corrected chi connectivity index (χ3v) is 4.61. The van der Waals surface area contributed by atoms with Gasteiger partial charge in [-0.15, -0.1) is 0 Å². The van der Waals surface area contributed by atoms with Gasteiger partial charge in [-0.25, -0.2) is 9.61 Å². The van der Waals surface area contributed by atoms with Crippen molar-refractivity contribution in [3.05, 3.63) is 58.1 Å². The zero-order valence-corrected chi connectivity index (χ0v) is 15.6. The third-order valence-electron chi connectivity index (χ3n) is 4.61. The lowest BCUT2D eigenvalue weighted by atomic mass is 9.99. The third kappa shape index (κ3) is 2.87. The monoisotopic (exact) mass is 361 g/mol. The van der Waals surface area contributed by atoms with Gasteiger partial charge in [-0.05, 0) is 54.9 Å². The highest BCUT2D eigenvalue weighted by Crippen LogP contribution is 2.34. The average molecular weight is 361 g/mol. The number of H-pyrrole nitrogens is 1. The lowest BCUT2D eigenvalue weighted by Crippen LogP contribution is -2.11. The average Bonchev–Trinajstić information content (AvgIpc) is 3.06. The Balaban J connectivity index is 2.10. The van der Waals surface area contributed by atoms with Crippen LogP contribution in [0.3, 0.4) is 0 Å². The van der Waals surface area contributed by atoms with Gasteiger partial charge in [0.05, 0.1) is 16.8 Å². The SMILES string of the molecule is Cc1cc2c(-c3nonc3C)cc(-c3ccc[nH]c3=O)nc2cc1N(C)C. The second-order valence-electron chi connectivity index (χ2n) is 6.72. The molecule has 0 fully saturated rings. The van der Waals surface area contributed by atoms with E-state index in [-0.39, 0.29) is 5.56 Å². The van der Waals surface area contributed by atoms with E-state index in [1.54, 1.807) is 18.3 Å². The Kier molecular flexibility index (Phi) is 3.99. The predicted octanol–water partition coefficient (Wildman–Crippen LogP) is 3.32. The number of aromatic amines is 1. The molecule has 3 heterocycles. The highest BCUT2D eigenvalue weighted by molar-refractivity contribution is 5.98. The molecule has 0 amide bonds. The van der Waals surface area contributed by atoms with Gasteiger partial charge in [0.2, 0.25) is 0 Å². The number of aromatic nitrogens is 4. The van der Waals surface area contributed by atoms with Gasteiger partial charge in [-0.3, -0.25) is 4.79 Å². The Labute approximate surface area is 155 Å². The Morgan fingerprint density at radius 3 is 2.56 bits per heavy atom. The number of hydrogen-bond acceptors (Lipinski definition) is 6. The van der Waals surface area contributed by atoms with E-state index in [9.17, 15) is 4.79 Å². The molecule has 7 nitrogen and oxygen atoms in total. The highest BCUT2D eigenvalue weighted by atomic mass is 16.6. The summed E-state index contributed by atoms with van der Waals surface area (Å²) in [6, 6.07) is 9.52. The second-order valence-corrected chi connectivity index (χ2v) is 6.72. The molecule has 3 aromatic heterocycles. The van der Waals surface area contributed by atoms with Gasteiger partial charge in [-0.2, -0.15) is 0 Å². The molecular weight excluding hydrogens is 342 g/mol. The van der Waals surface area contributed by atoms with Crippen LogP contribution in [0.1, 0.15) is 11.3 Å². The summed E-state index contributed by atoms with van der Waals surface area (Å²) in [5, 5.41) is 8.91. The van der Waals surface area contributed by atoms with Gasteiger partial charge in [0, 0.05) is 36.9 Å². The van der Waals surface area contributed by atoms with Crippen LogP contribution in [0.2, 0.25) is 0 Å². The number of benzene rings is 1. The first-order valence-corrected chi connectivity index (χ1v) is 8.56. The molecule has 4 rings (SSSR count). The summed E-state index contributed by atoms with van der Waals surface area (Å²) in [4.78, 5) is 21.8. The first kappa shape index (κ1) is 17.0. The topological polar surface area (TPSA) is 87.9 Å². The second kappa shape index (κ2) is 6.35. The lowest BCUT2D eigenvalue weighted by Gasteiger charge is -2.17. The molecule has 0 unspecified atom stereocenters. The molecule has 7 heteroatoms. The van der Waals surface area contributed by atoms with Crippen molar-refractivity contribution in [2.75, 3.05) is 19.0 Å². The van der Waals surface area contributed by atoms with E-state index in [0.29, 0.717) is 22.6 Å². The van der Waals surface area contributed by atoms with Crippen molar-refractivity contribution in [2.24, 2.45) is 0 Å². The maximum Gasteiger partial charge on any atom is 0.257 e. The van der Waals surface area contributed by atoms with Crippen LogP contribution in [0.25, 0.3) is 33.4 Å². The van der Waals surface area contributed by atoms with Gasteiger partial charge in [-0.1, -0.05) is 5.16 Å². The fourth-order valence-corrected chi connectivity index (χ4v) is 3.29. The molecule has 1 N–H and O–H groups in total. The number of rotatable bonds is 3. The molecule has 0 radical (unpaired) electrons. The molecule has 0 saturated carbocycles. The molecule has 0 spiro atoms. The van der Waals surface area contributed by atoms with Crippen LogP contribution in [0, 0.1) is 13.8 Å². The van der Waals surface area contributed by atoms with E-state index in [2.05, 4.69) is 28.3 Å². The van der Waals surface area contributed by atoms with Crippen LogP contribution in [-0.2, 0) is 0 Å². The van der Waals surface area contributed by atoms with Crippen molar-refractivity contribution in [2.45, 2.75) is 13.8 Å². The van der Waals surface area contributed by atoms with Crippen LogP contribution in [0.4, 0.5) is 5.69 Å². The molecule has 0 aliphatic rings. The van der Waals surface area contributed by atoms with E-state index >= 15 is 0 Å². The van der Waals surface area contributed by atoms with Crippen molar-refractivity contribution in [3.8, 4) is 22.5 Å². The Bertz CT molecular complexity index is 1210. The van der Waals surface area contributed by atoms with Crippen LogP contribution in [-0.4, -0.2) is 34.4 Å². The highest BCUT2D eigenvalue weighted by Gasteiger charge is 2.17. The van der Waals surface area contributed by atoms with Crippen molar-refractivity contribution in [3.63, 3.8) is 0 Å². The summed E-state index contributed by atoms with van der Waals surface area (Å²) in [6.45, 7) is 3.90. The largest absolute Gasteiger partial charge is 0.377 e. The molecule has 136 valence electrons. The molecule has 0 aliphatic carbocycles. The summed E-state index contributed by atoms with van der Waals surface area (Å²) in [5.74, 6) is 0. The minimum atomic E-state index is -0.190. The molecule has 4 aromatic rings. The minimum absolute atomic E-state index is 0.190. The van der Waals surface area contributed by atoms with Gasteiger partial charge in [0.25, 0.3) is 5.56 Å². The zero-order valence-electron chi connectivity index (χ0n) is 15.6. The van der Waals surface area contributed by atoms with Gasteiger partial charge in [0.1, 0.15) is 11.4 Å². The fourth-order valence-electron chi connectivity index (χ4n) is 3.29. The van der Waals surface area contributed by atoms with Crippen molar-refractivity contribution in [1.29, 1.82) is 0 Å². The Hall–Kier alpha value is -3.48. The first-order chi connectivity index (χ1) is 13.0. The summed E-state index contributed by atoms with van der Waals surface area (Å²) in [7, 11) is 3.99. The summed E-state index contributed by atoms with van der Waals surface area (Å²) in [5.41, 5.74) is 6.03. The van der Waals surface area contributed by atoms with Gasteiger partial charge in [0.15, 0.2) is 0 Å². The Morgan fingerprint density at radius 2 is 1.89 bits per heavy atom. The lowest BCUT2D eigenvalue weighted by molar-refractivity contribution is 0.306. The van der Waals surface area contributed by atoms with Crippen molar-refractivity contribution in [1.82, 2.24) is 20.3 Å². The Morgan fingerprint density at radius 1 is 1.07 bits per heavy atom. The van der Waals surface area contributed by atoms with Crippen LogP contribution in [0.5, 0.6) is 0 Å². The van der Waals surface area contributed by atoms with Crippen LogP contribution >= 0.6 is 0 Å². The standard InChI is InChI=1S/C20H19N5O2/c1-11-8-14-15(19-12(2)23-27-24-19)9-16(13-6-5-7-21-20(13)26)22-17(14)10-18(11)25(3)4/h5-10H,1-4H3,(H,21,26). The number of fused-ring (bicyclic) bond motifs is 1. The maximum absolute atomic E-state index is 12.3. The van der Waals surface area contributed by atoms with Crippen molar-refractivity contribution < 1.29 is 4.63 Å². The number of aryl methyl sites for hydroxylation is 2. The van der Waals surface area contributed by atoms with E-state index in [1.165, 1.54) is 0 Å². The minimum Gasteiger partial charge on any atom is -0.377 e. The number of nitrogens with zero attached hydrogens (tertiary/aromatic N) is 4. The fraction of sp³-hybridized carbons (Fsp3) is 0.200. The molecule has 0 bridgehead atoms. The van der Waals surface area contributed by atoms with Crippen LogP contribution in [0.15, 0.2) is 46.0 Å². The summed E-state index contributed by atoms with van der Waals surface area (Å²) >= 11 is 0. The zero-order chi connectivity index (χ0) is 19.1. The van der Waals surface area contributed by atoms with Gasteiger partial charge < -0.3 is 9.88 Å². The molecule has 1 aromatic carbocycles. The molecule has 27 heavy (non-hydrogen) atoms. The van der Waals surface area contributed by atoms with E-state index in [0.717, 1.165) is 27.7 Å². The smallest absolute Gasteiger partial charge is 0.257 e.